The minimum absolute atomic E-state index is 0.0761. The van der Waals surface area contributed by atoms with E-state index >= 15 is 0 Å². The van der Waals surface area contributed by atoms with Crippen molar-refractivity contribution in [1.82, 2.24) is 4.90 Å². The Morgan fingerprint density at radius 2 is 1.92 bits per heavy atom. The van der Waals surface area contributed by atoms with Gasteiger partial charge >= 0.3 is 6.18 Å². The third kappa shape index (κ3) is 2.72. The van der Waals surface area contributed by atoms with Gasteiger partial charge in [0, 0.05) is 19.3 Å². The van der Waals surface area contributed by atoms with Crippen molar-refractivity contribution in [1.29, 1.82) is 5.41 Å². The van der Waals surface area contributed by atoms with E-state index in [1.165, 1.54) is 11.6 Å². The molecule has 0 fully saturated rings. The number of nitrogens with one attached hydrogen (secondary N) is 2. The molecule has 26 heavy (non-hydrogen) atoms. The van der Waals surface area contributed by atoms with E-state index in [0.717, 1.165) is 29.7 Å². The number of nitrogens with zero attached hydrogens (tertiary/aromatic N) is 1. The van der Waals surface area contributed by atoms with Gasteiger partial charge in [-0.25, -0.2) is 0 Å². The molecule has 4 rings (SSSR count). The molecule has 0 radical (unpaired) electrons. The fraction of sp³-hybridized carbons (Fsp3) is 0.316. The zero-order valence-corrected chi connectivity index (χ0v) is 14.1. The molecule has 2 aromatic carbocycles. The standard InChI is InChI=1S/C19H18F3N3O/c1-26-17-14-5-3-2-4-11(14)8-16(17)25-10-12-6-7-13(19(20,21)22)9-15(12)24-18(25)23/h2-7,9,16-17H,8,10H2,1H3,(H2,23,24)/t16-,17+/m0/s1. The largest absolute Gasteiger partial charge is 0.416 e. The van der Waals surface area contributed by atoms with Gasteiger partial charge in [0.2, 0.25) is 0 Å². The van der Waals surface area contributed by atoms with Crippen LogP contribution in [0.1, 0.15) is 28.4 Å². The first kappa shape index (κ1) is 16.9. The van der Waals surface area contributed by atoms with E-state index < -0.39 is 11.7 Å². The summed E-state index contributed by atoms with van der Waals surface area (Å²) in [4.78, 5) is 1.86. The minimum atomic E-state index is -4.40. The molecule has 0 unspecified atom stereocenters. The van der Waals surface area contributed by atoms with Crippen LogP contribution in [0.5, 0.6) is 0 Å². The summed E-state index contributed by atoms with van der Waals surface area (Å²) in [6.07, 6.45) is -3.84. The number of rotatable bonds is 2. The van der Waals surface area contributed by atoms with E-state index in [4.69, 9.17) is 10.1 Å². The highest BCUT2D eigenvalue weighted by Crippen LogP contribution is 2.40. The highest BCUT2D eigenvalue weighted by Gasteiger charge is 2.39. The van der Waals surface area contributed by atoms with Crippen LogP contribution in [-0.2, 0) is 23.9 Å². The molecule has 0 saturated heterocycles. The number of halogens is 3. The molecule has 1 heterocycles. The molecule has 7 heteroatoms. The molecule has 1 aliphatic heterocycles. The molecule has 2 N–H and O–H groups in total. The second kappa shape index (κ2) is 6.02. The van der Waals surface area contributed by atoms with E-state index in [1.807, 2.05) is 29.2 Å². The number of hydrogen-bond acceptors (Lipinski definition) is 2. The lowest BCUT2D eigenvalue weighted by atomic mass is 10.0. The van der Waals surface area contributed by atoms with Crippen molar-refractivity contribution in [2.75, 3.05) is 12.4 Å². The van der Waals surface area contributed by atoms with Gasteiger partial charge in [0.1, 0.15) is 6.10 Å². The molecule has 0 amide bonds. The van der Waals surface area contributed by atoms with Gasteiger partial charge in [-0.05, 0) is 35.2 Å². The van der Waals surface area contributed by atoms with Crippen molar-refractivity contribution in [3.05, 3.63) is 64.7 Å². The molecule has 0 saturated carbocycles. The van der Waals surface area contributed by atoms with Crippen LogP contribution >= 0.6 is 0 Å². The average Bonchev–Trinajstić information content (AvgIpc) is 2.98. The van der Waals surface area contributed by atoms with Crippen molar-refractivity contribution in [2.45, 2.75) is 31.3 Å². The summed E-state index contributed by atoms with van der Waals surface area (Å²) >= 11 is 0. The first-order valence-corrected chi connectivity index (χ1v) is 8.31. The molecule has 0 bridgehead atoms. The first-order chi connectivity index (χ1) is 12.4. The fourth-order valence-electron chi connectivity index (χ4n) is 3.85. The summed E-state index contributed by atoms with van der Waals surface area (Å²) in [5.41, 5.74) is 2.64. The van der Waals surface area contributed by atoms with Crippen LogP contribution in [0.25, 0.3) is 0 Å². The second-order valence-electron chi connectivity index (χ2n) is 6.60. The van der Waals surface area contributed by atoms with Crippen molar-refractivity contribution in [3.8, 4) is 0 Å². The third-order valence-corrected chi connectivity index (χ3v) is 5.11. The Hall–Kier alpha value is -2.54. The van der Waals surface area contributed by atoms with Gasteiger partial charge in [-0.3, -0.25) is 5.41 Å². The molecule has 4 nitrogen and oxygen atoms in total. The molecule has 2 aliphatic rings. The maximum Gasteiger partial charge on any atom is 0.416 e. The van der Waals surface area contributed by atoms with Crippen molar-refractivity contribution in [2.24, 2.45) is 0 Å². The molecule has 1 aliphatic carbocycles. The van der Waals surface area contributed by atoms with Gasteiger partial charge in [-0.15, -0.1) is 0 Å². The molecule has 136 valence electrons. The highest BCUT2D eigenvalue weighted by atomic mass is 19.4. The van der Waals surface area contributed by atoms with Crippen LogP contribution in [0.15, 0.2) is 42.5 Å². The summed E-state index contributed by atoms with van der Waals surface area (Å²) in [5, 5.41) is 11.1. The number of methoxy groups -OCH3 is 1. The van der Waals surface area contributed by atoms with E-state index in [0.29, 0.717) is 12.2 Å². The Morgan fingerprint density at radius 3 is 2.65 bits per heavy atom. The van der Waals surface area contributed by atoms with Crippen LogP contribution in [0, 0.1) is 5.41 Å². The van der Waals surface area contributed by atoms with Gasteiger partial charge in [-0.2, -0.15) is 13.2 Å². The summed E-state index contributed by atoms with van der Waals surface area (Å²) in [5.74, 6) is 0.0941. The average molecular weight is 361 g/mol. The highest BCUT2D eigenvalue weighted by molar-refractivity contribution is 5.94. The Bertz CT molecular complexity index is 865. The van der Waals surface area contributed by atoms with Crippen LogP contribution in [0.3, 0.4) is 0 Å². The molecular formula is C19H18F3N3O. The number of alkyl halides is 3. The van der Waals surface area contributed by atoms with Gasteiger partial charge in [-0.1, -0.05) is 30.3 Å². The Morgan fingerprint density at radius 1 is 1.15 bits per heavy atom. The van der Waals surface area contributed by atoms with Gasteiger partial charge in [0.15, 0.2) is 5.96 Å². The number of ether oxygens (including phenoxy) is 1. The lowest BCUT2D eigenvalue weighted by Gasteiger charge is -2.38. The normalized spacial score (nSPS) is 22.0. The van der Waals surface area contributed by atoms with Crippen molar-refractivity contribution in [3.63, 3.8) is 0 Å². The minimum Gasteiger partial charge on any atom is -0.375 e. The number of benzene rings is 2. The maximum atomic E-state index is 12.9. The van der Waals surface area contributed by atoms with Gasteiger partial charge < -0.3 is 15.0 Å². The zero-order valence-electron chi connectivity index (χ0n) is 14.1. The molecular weight excluding hydrogens is 343 g/mol. The van der Waals surface area contributed by atoms with Crippen molar-refractivity contribution < 1.29 is 17.9 Å². The summed E-state index contributed by atoms with van der Waals surface area (Å²) in [6.45, 7) is 0.373. The monoisotopic (exact) mass is 361 g/mol. The van der Waals surface area contributed by atoms with Crippen molar-refractivity contribution >= 4 is 11.6 Å². The van der Waals surface area contributed by atoms with E-state index in [-0.39, 0.29) is 18.1 Å². The first-order valence-electron chi connectivity index (χ1n) is 8.31. The van der Waals surface area contributed by atoms with Crippen LogP contribution in [-0.4, -0.2) is 24.0 Å². The molecule has 0 aromatic heterocycles. The SMILES string of the molecule is CO[C@@H]1c2ccccc2C[C@@H]1N1Cc2ccc(C(F)(F)F)cc2NC1=N. The zero-order chi connectivity index (χ0) is 18.5. The maximum absolute atomic E-state index is 12.9. The smallest absolute Gasteiger partial charge is 0.375 e. The van der Waals surface area contributed by atoms with Gasteiger partial charge in [0.25, 0.3) is 0 Å². The van der Waals surface area contributed by atoms with E-state index in [9.17, 15) is 13.2 Å². The number of anilines is 1. The molecule has 0 spiro atoms. The lowest BCUT2D eigenvalue weighted by molar-refractivity contribution is -0.137. The van der Waals surface area contributed by atoms with Crippen LogP contribution < -0.4 is 5.32 Å². The second-order valence-corrected chi connectivity index (χ2v) is 6.60. The molecule has 2 aromatic rings. The number of hydrogen-bond donors (Lipinski definition) is 2. The third-order valence-electron chi connectivity index (χ3n) is 5.11. The summed E-state index contributed by atoms with van der Waals surface area (Å²) in [6, 6.07) is 11.6. The Balaban J connectivity index is 1.63. The van der Waals surface area contributed by atoms with E-state index in [2.05, 4.69) is 5.32 Å². The number of guanidine groups is 1. The summed E-state index contributed by atoms with van der Waals surface area (Å²) in [7, 11) is 1.64. The predicted octanol–water partition coefficient (Wildman–Crippen LogP) is 4.18. The topological polar surface area (TPSA) is 48.4 Å². The van der Waals surface area contributed by atoms with E-state index in [1.54, 1.807) is 7.11 Å². The fourth-order valence-corrected chi connectivity index (χ4v) is 3.85. The number of fused-ring (bicyclic) bond motifs is 2. The van der Waals surface area contributed by atoms with Crippen LogP contribution in [0.4, 0.5) is 18.9 Å². The quantitative estimate of drug-likeness (QED) is 0.844. The Labute approximate surface area is 149 Å². The lowest BCUT2D eigenvalue weighted by Crippen LogP contribution is -2.47. The van der Waals surface area contributed by atoms with Crippen LogP contribution in [0.2, 0.25) is 0 Å². The molecule has 2 atom stereocenters. The predicted molar refractivity (Wildman–Crippen MR) is 92.0 cm³/mol. The van der Waals surface area contributed by atoms with Gasteiger partial charge in [0.05, 0.1) is 11.6 Å². The Kier molecular flexibility index (Phi) is 3.91. The summed E-state index contributed by atoms with van der Waals surface area (Å²) < 4.78 is 44.4.